The molecule has 3 aromatic carbocycles. The van der Waals surface area contributed by atoms with Crippen molar-refractivity contribution in [1.82, 2.24) is 5.32 Å². The van der Waals surface area contributed by atoms with Crippen molar-refractivity contribution in [2.24, 2.45) is 0 Å². The van der Waals surface area contributed by atoms with Gasteiger partial charge in [-0.05, 0) is 41.0 Å². The summed E-state index contributed by atoms with van der Waals surface area (Å²) in [6.07, 6.45) is -0.593. The number of hydrogen-bond acceptors (Lipinski definition) is 4. The number of rotatable bonds is 9. The Hall–Kier alpha value is -2.53. The summed E-state index contributed by atoms with van der Waals surface area (Å²) in [5.41, 5.74) is 2.98. The van der Waals surface area contributed by atoms with Gasteiger partial charge in [0.25, 0.3) is 0 Å². The summed E-state index contributed by atoms with van der Waals surface area (Å²) in [7, 11) is 1.63. The molecule has 28 heavy (non-hydrogen) atoms. The first-order valence-corrected chi connectivity index (χ1v) is 9.51. The number of hydrogen-bond donors (Lipinski definition) is 2. The summed E-state index contributed by atoms with van der Waals surface area (Å²) >= 11 is 5.89. The van der Waals surface area contributed by atoms with E-state index in [9.17, 15) is 5.11 Å². The molecule has 3 rings (SSSR count). The Morgan fingerprint density at radius 2 is 1.68 bits per heavy atom. The lowest BCUT2D eigenvalue weighted by Gasteiger charge is -2.15. The maximum Gasteiger partial charge on any atom is 0.161 e. The van der Waals surface area contributed by atoms with E-state index in [0.717, 1.165) is 16.7 Å². The second kappa shape index (κ2) is 10.1. The highest BCUT2D eigenvalue weighted by Gasteiger charge is 2.09. The smallest absolute Gasteiger partial charge is 0.161 e. The predicted molar refractivity (Wildman–Crippen MR) is 112 cm³/mol. The molecule has 0 aliphatic carbocycles. The van der Waals surface area contributed by atoms with Crippen molar-refractivity contribution in [2.75, 3.05) is 13.7 Å². The van der Waals surface area contributed by atoms with Crippen molar-refractivity contribution in [3.63, 3.8) is 0 Å². The molecule has 0 aromatic heterocycles. The third-order valence-electron chi connectivity index (χ3n) is 4.39. The molecule has 0 aliphatic heterocycles. The molecule has 5 heteroatoms. The van der Waals surface area contributed by atoms with Crippen molar-refractivity contribution in [2.45, 2.75) is 19.3 Å². The van der Waals surface area contributed by atoms with Crippen molar-refractivity contribution in [1.29, 1.82) is 0 Å². The molecule has 0 amide bonds. The van der Waals surface area contributed by atoms with E-state index < -0.39 is 6.10 Å². The monoisotopic (exact) mass is 397 g/mol. The molecule has 0 heterocycles. The van der Waals surface area contributed by atoms with Gasteiger partial charge in [0.05, 0.1) is 13.2 Å². The van der Waals surface area contributed by atoms with Gasteiger partial charge in [0.2, 0.25) is 0 Å². The summed E-state index contributed by atoms with van der Waals surface area (Å²) < 4.78 is 11.4. The second-order valence-corrected chi connectivity index (χ2v) is 6.89. The molecular formula is C23H24ClNO3. The molecule has 4 nitrogen and oxygen atoms in total. The predicted octanol–water partition coefficient (Wildman–Crippen LogP) is 4.75. The lowest BCUT2D eigenvalue weighted by Crippen LogP contribution is -2.21. The number of aliphatic hydroxyl groups is 1. The molecule has 0 spiro atoms. The summed E-state index contributed by atoms with van der Waals surface area (Å²) in [4.78, 5) is 0. The van der Waals surface area contributed by atoms with Crippen LogP contribution in [-0.2, 0) is 13.2 Å². The normalized spacial score (nSPS) is 11.8. The van der Waals surface area contributed by atoms with Crippen molar-refractivity contribution in [3.05, 3.63) is 94.5 Å². The van der Waals surface area contributed by atoms with E-state index in [1.54, 1.807) is 19.2 Å². The van der Waals surface area contributed by atoms with Crippen LogP contribution in [0.25, 0.3) is 0 Å². The third kappa shape index (κ3) is 5.73. The fourth-order valence-corrected chi connectivity index (χ4v) is 2.96. The molecular weight excluding hydrogens is 374 g/mol. The van der Waals surface area contributed by atoms with E-state index in [1.807, 2.05) is 60.7 Å². The van der Waals surface area contributed by atoms with Gasteiger partial charge in [-0.15, -0.1) is 0 Å². The van der Waals surface area contributed by atoms with Crippen LogP contribution in [0, 0.1) is 0 Å². The topological polar surface area (TPSA) is 50.7 Å². The third-order valence-corrected chi connectivity index (χ3v) is 4.64. The van der Waals surface area contributed by atoms with Gasteiger partial charge in [-0.25, -0.2) is 0 Å². The highest BCUT2D eigenvalue weighted by molar-refractivity contribution is 6.30. The van der Waals surface area contributed by atoms with Crippen LogP contribution in [-0.4, -0.2) is 18.8 Å². The van der Waals surface area contributed by atoms with Crippen LogP contribution >= 0.6 is 11.6 Å². The molecule has 0 saturated carbocycles. The summed E-state index contributed by atoms with van der Waals surface area (Å²) in [6, 6.07) is 23.1. The van der Waals surface area contributed by atoms with E-state index in [4.69, 9.17) is 21.1 Å². The van der Waals surface area contributed by atoms with Gasteiger partial charge in [0.1, 0.15) is 6.61 Å². The van der Waals surface area contributed by atoms with Crippen LogP contribution in [0.5, 0.6) is 11.5 Å². The largest absolute Gasteiger partial charge is 0.493 e. The standard InChI is InChI=1S/C23H24ClNO3/c1-27-22-12-7-18(13-23(22)28-16-17-5-3-2-4-6-17)14-25-15-21(26)19-8-10-20(24)11-9-19/h2-13,21,25-26H,14-16H2,1H3. The molecule has 2 N–H and O–H groups in total. The van der Waals surface area contributed by atoms with Gasteiger partial charge in [0, 0.05) is 18.1 Å². The average molecular weight is 398 g/mol. The molecule has 1 unspecified atom stereocenters. The Kier molecular flexibility index (Phi) is 7.31. The summed E-state index contributed by atoms with van der Waals surface area (Å²) in [6.45, 7) is 1.52. The van der Waals surface area contributed by atoms with Crippen LogP contribution in [0.2, 0.25) is 5.02 Å². The Morgan fingerprint density at radius 1 is 0.929 bits per heavy atom. The quantitative estimate of drug-likeness (QED) is 0.547. The van der Waals surface area contributed by atoms with E-state index in [1.165, 1.54) is 0 Å². The van der Waals surface area contributed by atoms with Gasteiger partial charge in [-0.3, -0.25) is 0 Å². The van der Waals surface area contributed by atoms with E-state index >= 15 is 0 Å². The minimum Gasteiger partial charge on any atom is -0.493 e. The van der Waals surface area contributed by atoms with Crippen LogP contribution in [0.3, 0.4) is 0 Å². The van der Waals surface area contributed by atoms with Crippen molar-refractivity contribution >= 4 is 11.6 Å². The Labute approximate surface area is 170 Å². The number of methoxy groups -OCH3 is 1. The minimum atomic E-state index is -0.593. The number of aliphatic hydroxyl groups excluding tert-OH is 1. The van der Waals surface area contributed by atoms with Gasteiger partial charge in [-0.2, -0.15) is 0 Å². The van der Waals surface area contributed by atoms with E-state index in [0.29, 0.717) is 36.2 Å². The SMILES string of the molecule is COc1ccc(CNCC(O)c2ccc(Cl)cc2)cc1OCc1ccccc1. The Morgan fingerprint density at radius 3 is 2.39 bits per heavy atom. The number of ether oxygens (including phenoxy) is 2. The van der Waals surface area contributed by atoms with Gasteiger partial charge in [-0.1, -0.05) is 60.1 Å². The molecule has 0 fully saturated rings. The molecule has 1 atom stereocenters. The van der Waals surface area contributed by atoms with E-state index in [2.05, 4.69) is 5.32 Å². The summed E-state index contributed by atoms with van der Waals surface area (Å²) in [5.74, 6) is 1.39. The zero-order valence-corrected chi connectivity index (χ0v) is 16.5. The maximum atomic E-state index is 10.3. The molecule has 0 saturated heterocycles. The number of benzene rings is 3. The van der Waals surface area contributed by atoms with Gasteiger partial charge >= 0.3 is 0 Å². The summed E-state index contributed by atoms with van der Waals surface area (Å²) in [5, 5.41) is 14.2. The number of halogens is 1. The van der Waals surface area contributed by atoms with Crippen LogP contribution < -0.4 is 14.8 Å². The first-order chi connectivity index (χ1) is 13.7. The van der Waals surface area contributed by atoms with Crippen LogP contribution in [0.1, 0.15) is 22.8 Å². The van der Waals surface area contributed by atoms with Gasteiger partial charge < -0.3 is 19.9 Å². The lowest BCUT2D eigenvalue weighted by molar-refractivity contribution is 0.174. The van der Waals surface area contributed by atoms with Crippen LogP contribution in [0.4, 0.5) is 0 Å². The fraction of sp³-hybridized carbons (Fsp3) is 0.217. The molecule has 0 aliphatic rings. The maximum absolute atomic E-state index is 10.3. The van der Waals surface area contributed by atoms with Crippen molar-refractivity contribution in [3.8, 4) is 11.5 Å². The van der Waals surface area contributed by atoms with Crippen LogP contribution in [0.15, 0.2) is 72.8 Å². The second-order valence-electron chi connectivity index (χ2n) is 6.46. The zero-order valence-electron chi connectivity index (χ0n) is 15.8. The lowest BCUT2D eigenvalue weighted by atomic mass is 10.1. The number of nitrogens with one attached hydrogen (secondary N) is 1. The minimum absolute atomic E-state index is 0.438. The average Bonchev–Trinajstić information content (AvgIpc) is 2.73. The first-order valence-electron chi connectivity index (χ1n) is 9.13. The highest BCUT2D eigenvalue weighted by atomic mass is 35.5. The van der Waals surface area contributed by atoms with E-state index in [-0.39, 0.29) is 0 Å². The first kappa shape index (κ1) is 20.2. The fourth-order valence-electron chi connectivity index (χ4n) is 2.84. The molecule has 3 aromatic rings. The highest BCUT2D eigenvalue weighted by Crippen LogP contribution is 2.29. The molecule has 146 valence electrons. The molecule has 0 bridgehead atoms. The van der Waals surface area contributed by atoms with Crippen molar-refractivity contribution < 1.29 is 14.6 Å². The Bertz CT molecular complexity index is 869. The van der Waals surface area contributed by atoms with Gasteiger partial charge in [0.15, 0.2) is 11.5 Å². The zero-order chi connectivity index (χ0) is 19.8. The molecule has 0 radical (unpaired) electrons. The Balaban J connectivity index is 1.57.